The predicted octanol–water partition coefficient (Wildman–Crippen LogP) is 0.518. The minimum absolute atomic E-state index is 0.181. The molecule has 1 aromatic rings. The van der Waals surface area contributed by atoms with Gasteiger partial charge in [0.05, 0.1) is 6.42 Å². The molecule has 1 heterocycles. The van der Waals surface area contributed by atoms with Gasteiger partial charge in [0.15, 0.2) is 0 Å². The third-order valence-corrected chi connectivity index (χ3v) is 2.77. The molecule has 0 saturated heterocycles. The zero-order valence-electron chi connectivity index (χ0n) is 10.5. The molecule has 0 unspecified atom stereocenters. The van der Waals surface area contributed by atoms with Crippen LogP contribution in [0.25, 0.3) is 0 Å². The number of nitrogens with one attached hydrogen (secondary N) is 2. The number of para-hydroxylation sites is 1. The highest BCUT2D eigenvalue weighted by molar-refractivity contribution is 6.43. The van der Waals surface area contributed by atoms with Gasteiger partial charge in [-0.05, 0) is 11.6 Å². The van der Waals surface area contributed by atoms with E-state index in [9.17, 15) is 14.4 Å². The van der Waals surface area contributed by atoms with Crippen LogP contribution in [-0.4, -0.2) is 28.6 Å². The number of hydrazone groups is 1. The average molecular weight is 275 g/mol. The van der Waals surface area contributed by atoms with Gasteiger partial charge in [0.2, 0.25) is 5.91 Å². The summed E-state index contributed by atoms with van der Waals surface area (Å²) in [6.07, 6.45) is 0.293. The van der Waals surface area contributed by atoms with E-state index in [0.29, 0.717) is 11.3 Å². The molecule has 1 aliphatic heterocycles. The second kappa shape index (κ2) is 5.96. The summed E-state index contributed by atoms with van der Waals surface area (Å²) in [7, 11) is 0. The second-order valence-electron chi connectivity index (χ2n) is 4.28. The summed E-state index contributed by atoms with van der Waals surface area (Å²) in [6.45, 7) is 0. The Labute approximate surface area is 114 Å². The van der Waals surface area contributed by atoms with E-state index in [-0.39, 0.29) is 30.9 Å². The Morgan fingerprint density at radius 1 is 1.30 bits per heavy atom. The first kappa shape index (κ1) is 13.7. The van der Waals surface area contributed by atoms with Gasteiger partial charge in [0.1, 0.15) is 5.71 Å². The Kier molecular flexibility index (Phi) is 4.09. The molecule has 0 atom stereocenters. The lowest BCUT2D eigenvalue weighted by molar-refractivity contribution is -0.136. The minimum Gasteiger partial charge on any atom is -0.481 e. The summed E-state index contributed by atoms with van der Waals surface area (Å²) in [6, 6.07) is 6.66. The molecule has 0 saturated carbocycles. The summed E-state index contributed by atoms with van der Waals surface area (Å²) in [4.78, 5) is 33.7. The molecular formula is C13H13N3O4. The lowest BCUT2D eigenvalue weighted by atomic mass is 10.1. The number of amides is 2. The van der Waals surface area contributed by atoms with Crippen LogP contribution in [-0.2, 0) is 20.8 Å². The number of hydrogen-bond acceptors (Lipinski definition) is 4. The molecule has 1 aromatic carbocycles. The fraction of sp³-hybridized carbons (Fsp3) is 0.231. The predicted molar refractivity (Wildman–Crippen MR) is 71.2 cm³/mol. The zero-order valence-corrected chi connectivity index (χ0v) is 10.5. The molecule has 2 rings (SSSR count). The number of hydrogen-bond donors (Lipinski definition) is 3. The summed E-state index contributed by atoms with van der Waals surface area (Å²) in [5.41, 5.74) is 3.40. The van der Waals surface area contributed by atoms with Crippen molar-refractivity contribution < 1.29 is 19.5 Å². The zero-order chi connectivity index (χ0) is 14.5. The smallest absolute Gasteiger partial charge is 0.307 e. The van der Waals surface area contributed by atoms with E-state index in [1.165, 1.54) is 0 Å². The monoisotopic (exact) mass is 275 g/mol. The third kappa shape index (κ3) is 3.41. The molecule has 7 heteroatoms. The molecule has 20 heavy (non-hydrogen) atoms. The Balaban J connectivity index is 2.12. The highest BCUT2D eigenvalue weighted by Gasteiger charge is 2.19. The second-order valence-corrected chi connectivity index (χ2v) is 4.28. The van der Waals surface area contributed by atoms with Gasteiger partial charge in [0, 0.05) is 18.5 Å². The number of aliphatic carboxylic acids is 1. The first-order chi connectivity index (χ1) is 9.56. The van der Waals surface area contributed by atoms with Crippen molar-refractivity contribution in [2.45, 2.75) is 19.3 Å². The van der Waals surface area contributed by atoms with E-state index in [1.807, 2.05) is 0 Å². The molecule has 0 aromatic heterocycles. The van der Waals surface area contributed by atoms with Gasteiger partial charge < -0.3 is 10.4 Å². The summed E-state index contributed by atoms with van der Waals surface area (Å²) in [5.74, 6) is -1.65. The van der Waals surface area contributed by atoms with E-state index < -0.39 is 11.9 Å². The standard InChI is InChI=1S/C13H13N3O4/c17-11-6-5-10(15-16-11)13(20)14-9-4-2-1-3-8(9)7-12(18)19/h1-4H,5-7H2,(H,14,20)(H,16,17)(H,18,19). The van der Waals surface area contributed by atoms with Crippen molar-refractivity contribution >= 4 is 29.2 Å². The van der Waals surface area contributed by atoms with Crippen LogP contribution in [0.15, 0.2) is 29.4 Å². The normalized spacial score (nSPS) is 14.2. The molecule has 0 aliphatic carbocycles. The molecule has 1 aliphatic rings. The van der Waals surface area contributed by atoms with Gasteiger partial charge in [-0.3, -0.25) is 14.4 Å². The third-order valence-electron chi connectivity index (χ3n) is 2.77. The number of anilines is 1. The lowest BCUT2D eigenvalue weighted by Gasteiger charge is -2.13. The van der Waals surface area contributed by atoms with Crippen LogP contribution in [0.3, 0.4) is 0 Å². The van der Waals surface area contributed by atoms with Gasteiger partial charge in [-0.1, -0.05) is 18.2 Å². The number of carboxylic acids is 1. The number of carbonyl (C=O) groups is 3. The molecule has 0 bridgehead atoms. The number of rotatable bonds is 4. The Morgan fingerprint density at radius 2 is 2.05 bits per heavy atom. The topological polar surface area (TPSA) is 108 Å². The molecule has 0 fully saturated rings. The van der Waals surface area contributed by atoms with Gasteiger partial charge >= 0.3 is 5.97 Å². The van der Waals surface area contributed by atoms with Gasteiger partial charge in [-0.15, -0.1) is 0 Å². The van der Waals surface area contributed by atoms with Crippen LogP contribution in [0.5, 0.6) is 0 Å². The molecule has 7 nitrogen and oxygen atoms in total. The van der Waals surface area contributed by atoms with Gasteiger partial charge in [-0.25, -0.2) is 5.43 Å². The largest absolute Gasteiger partial charge is 0.481 e. The van der Waals surface area contributed by atoms with E-state index in [2.05, 4.69) is 15.8 Å². The average Bonchev–Trinajstić information content (AvgIpc) is 2.41. The first-order valence-corrected chi connectivity index (χ1v) is 6.02. The highest BCUT2D eigenvalue weighted by atomic mass is 16.4. The van der Waals surface area contributed by atoms with Crippen molar-refractivity contribution in [2.24, 2.45) is 5.10 Å². The molecule has 0 radical (unpaired) electrons. The molecule has 3 N–H and O–H groups in total. The van der Waals surface area contributed by atoms with E-state index in [1.54, 1.807) is 24.3 Å². The SMILES string of the molecule is O=C(O)Cc1ccccc1NC(=O)C1=NNC(=O)CC1. The highest BCUT2D eigenvalue weighted by Crippen LogP contribution is 2.16. The van der Waals surface area contributed by atoms with Crippen molar-refractivity contribution in [3.63, 3.8) is 0 Å². The van der Waals surface area contributed by atoms with Gasteiger partial charge in [-0.2, -0.15) is 5.10 Å². The molecule has 0 spiro atoms. The molecule has 104 valence electrons. The maximum atomic E-state index is 12.0. The summed E-state index contributed by atoms with van der Waals surface area (Å²) in [5, 5.41) is 15.1. The van der Waals surface area contributed by atoms with Crippen LogP contribution in [0, 0.1) is 0 Å². The van der Waals surface area contributed by atoms with Crippen LogP contribution in [0.2, 0.25) is 0 Å². The van der Waals surface area contributed by atoms with Crippen LogP contribution in [0.4, 0.5) is 5.69 Å². The maximum Gasteiger partial charge on any atom is 0.307 e. The number of carbonyl (C=O) groups excluding carboxylic acids is 2. The van der Waals surface area contributed by atoms with E-state index in [4.69, 9.17) is 5.11 Å². The van der Waals surface area contributed by atoms with Crippen molar-refractivity contribution in [1.29, 1.82) is 0 Å². The Morgan fingerprint density at radius 3 is 2.70 bits per heavy atom. The maximum absolute atomic E-state index is 12.0. The van der Waals surface area contributed by atoms with Crippen molar-refractivity contribution in [1.82, 2.24) is 5.43 Å². The quantitative estimate of drug-likeness (QED) is 0.744. The van der Waals surface area contributed by atoms with E-state index in [0.717, 1.165) is 0 Å². The van der Waals surface area contributed by atoms with Crippen LogP contribution < -0.4 is 10.7 Å². The number of carboxylic acid groups (broad SMARTS) is 1. The van der Waals surface area contributed by atoms with Gasteiger partial charge in [0.25, 0.3) is 5.91 Å². The minimum atomic E-state index is -0.978. The molecular weight excluding hydrogens is 262 g/mol. The fourth-order valence-corrected chi connectivity index (χ4v) is 1.79. The fourth-order valence-electron chi connectivity index (χ4n) is 1.79. The van der Waals surface area contributed by atoms with Crippen LogP contribution >= 0.6 is 0 Å². The Bertz CT molecular complexity index is 595. The first-order valence-electron chi connectivity index (χ1n) is 6.02. The number of benzene rings is 1. The van der Waals surface area contributed by atoms with Crippen molar-refractivity contribution in [3.8, 4) is 0 Å². The van der Waals surface area contributed by atoms with Crippen molar-refractivity contribution in [3.05, 3.63) is 29.8 Å². The Hall–Kier alpha value is -2.70. The number of nitrogens with zero attached hydrogens (tertiary/aromatic N) is 1. The van der Waals surface area contributed by atoms with Crippen LogP contribution in [0.1, 0.15) is 18.4 Å². The van der Waals surface area contributed by atoms with E-state index >= 15 is 0 Å². The summed E-state index contributed by atoms with van der Waals surface area (Å²) >= 11 is 0. The van der Waals surface area contributed by atoms with Crippen molar-refractivity contribution in [2.75, 3.05) is 5.32 Å². The molecule has 2 amide bonds. The lowest BCUT2D eigenvalue weighted by Crippen LogP contribution is -2.33. The summed E-state index contributed by atoms with van der Waals surface area (Å²) < 4.78 is 0.